The first kappa shape index (κ1) is 18.2. The maximum absolute atomic E-state index is 13.2. The summed E-state index contributed by atoms with van der Waals surface area (Å²) in [5.74, 6) is -0.564. The van der Waals surface area contributed by atoms with E-state index in [-0.39, 0.29) is 22.3 Å². The SMILES string of the molecule is CCOC(=O)C=Cc1cc2c(Cl)nccc2n1S(=O)(=O)c1ccccc1. The van der Waals surface area contributed by atoms with Gasteiger partial charge in [0.1, 0.15) is 5.15 Å². The molecule has 0 unspecified atom stereocenters. The lowest BCUT2D eigenvalue weighted by Gasteiger charge is -2.10. The number of carbonyl (C=O) groups is 1. The van der Waals surface area contributed by atoms with Crippen LogP contribution in [0, 0.1) is 0 Å². The van der Waals surface area contributed by atoms with Gasteiger partial charge >= 0.3 is 5.97 Å². The molecule has 134 valence electrons. The first-order valence-corrected chi connectivity index (χ1v) is 9.58. The predicted octanol–water partition coefficient (Wildman–Crippen LogP) is 3.50. The van der Waals surface area contributed by atoms with Crippen molar-refractivity contribution in [1.29, 1.82) is 0 Å². The molecule has 3 rings (SSSR count). The van der Waals surface area contributed by atoms with Crippen molar-refractivity contribution in [2.45, 2.75) is 11.8 Å². The predicted molar refractivity (Wildman–Crippen MR) is 99.4 cm³/mol. The number of esters is 1. The third-order valence-corrected chi connectivity index (χ3v) is 5.68. The molecule has 0 aliphatic rings. The molecule has 2 aromatic heterocycles. The van der Waals surface area contributed by atoms with E-state index in [0.29, 0.717) is 10.9 Å². The van der Waals surface area contributed by atoms with Gasteiger partial charge in [-0.2, -0.15) is 0 Å². The normalized spacial score (nSPS) is 11.9. The average molecular weight is 391 g/mol. The Labute approximate surface area is 155 Å². The summed E-state index contributed by atoms with van der Waals surface area (Å²) >= 11 is 6.12. The van der Waals surface area contributed by atoms with E-state index in [1.807, 2.05) is 0 Å². The number of aromatic nitrogens is 2. The minimum absolute atomic E-state index is 0.121. The van der Waals surface area contributed by atoms with Crippen molar-refractivity contribution in [3.8, 4) is 0 Å². The number of fused-ring (bicyclic) bond motifs is 1. The van der Waals surface area contributed by atoms with Crippen LogP contribution in [0.1, 0.15) is 12.6 Å². The summed E-state index contributed by atoms with van der Waals surface area (Å²) in [6.45, 7) is 1.91. The second-order valence-electron chi connectivity index (χ2n) is 5.27. The van der Waals surface area contributed by atoms with Gasteiger partial charge in [0.15, 0.2) is 0 Å². The van der Waals surface area contributed by atoms with E-state index >= 15 is 0 Å². The van der Waals surface area contributed by atoms with E-state index in [4.69, 9.17) is 16.3 Å². The molecule has 0 amide bonds. The lowest BCUT2D eigenvalue weighted by molar-refractivity contribution is -0.137. The Morgan fingerprint density at radius 3 is 2.69 bits per heavy atom. The van der Waals surface area contributed by atoms with Crippen LogP contribution in [-0.2, 0) is 19.6 Å². The van der Waals surface area contributed by atoms with Gasteiger partial charge in [0.05, 0.1) is 22.7 Å². The number of pyridine rings is 1. The number of halogens is 1. The van der Waals surface area contributed by atoms with Crippen molar-refractivity contribution in [2.24, 2.45) is 0 Å². The van der Waals surface area contributed by atoms with Crippen LogP contribution in [0.15, 0.2) is 59.6 Å². The zero-order chi connectivity index (χ0) is 18.7. The van der Waals surface area contributed by atoms with E-state index in [0.717, 1.165) is 3.97 Å². The van der Waals surface area contributed by atoms with Crippen molar-refractivity contribution >= 4 is 44.6 Å². The molecule has 0 spiro atoms. The van der Waals surface area contributed by atoms with Gasteiger partial charge in [0, 0.05) is 17.7 Å². The summed E-state index contributed by atoms with van der Waals surface area (Å²) in [6.07, 6.45) is 3.99. The Morgan fingerprint density at radius 2 is 2.00 bits per heavy atom. The standard InChI is InChI=1S/C18H15ClN2O4S/c1-2-25-17(22)9-8-13-12-15-16(10-11-20-18(15)19)21(13)26(23,24)14-6-4-3-5-7-14/h3-12H,2H2,1H3. The molecule has 0 bridgehead atoms. The number of benzene rings is 1. The van der Waals surface area contributed by atoms with Gasteiger partial charge in [-0.3, -0.25) is 0 Å². The number of carbonyl (C=O) groups excluding carboxylic acids is 1. The molecule has 0 aliphatic carbocycles. The van der Waals surface area contributed by atoms with Gasteiger partial charge in [-0.1, -0.05) is 29.8 Å². The van der Waals surface area contributed by atoms with E-state index in [9.17, 15) is 13.2 Å². The Kier molecular flexibility index (Phi) is 5.11. The first-order chi connectivity index (χ1) is 12.4. The van der Waals surface area contributed by atoms with Gasteiger partial charge in [0.2, 0.25) is 0 Å². The number of hydrogen-bond acceptors (Lipinski definition) is 5. The zero-order valence-corrected chi connectivity index (χ0v) is 15.4. The molecule has 0 radical (unpaired) electrons. The molecular weight excluding hydrogens is 376 g/mol. The fraction of sp³-hybridized carbons (Fsp3) is 0.111. The molecule has 0 saturated carbocycles. The lowest BCUT2D eigenvalue weighted by atomic mass is 10.3. The molecule has 0 aliphatic heterocycles. The quantitative estimate of drug-likeness (QED) is 0.378. The summed E-state index contributed by atoms with van der Waals surface area (Å²) in [4.78, 5) is 15.7. The molecule has 0 fully saturated rings. The van der Waals surface area contributed by atoms with Gasteiger partial charge in [0.25, 0.3) is 10.0 Å². The average Bonchev–Trinajstić information content (AvgIpc) is 3.02. The maximum atomic E-state index is 13.2. The van der Waals surface area contributed by atoms with E-state index in [1.165, 1.54) is 30.5 Å². The highest BCUT2D eigenvalue weighted by Crippen LogP contribution is 2.29. The van der Waals surface area contributed by atoms with Crippen LogP contribution >= 0.6 is 11.6 Å². The van der Waals surface area contributed by atoms with Gasteiger partial charge in [-0.05, 0) is 37.3 Å². The highest BCUT2D eigenvalue weighted by molar-refractivity contribution is 7.90. The number of nitrogens with zero attached hydrogens (tertiary/aromatic N) is 2. The molecule has 1 aromatic carbocycles. The Morgan fingerprint density at radius 1 is 1.27 bits per heavy atom. The Hall–Kier alpha value is -2.64. The highest BCUT2D eigenvalue weighted by atomic mass is 35.5. The summed E-state index contributed by atoms with van der Waals surface area (Å²) in [6, 6.07) is 11.1. The fourth-order valence-electron chi connectivity index (χ4n) is 2.52. The van der Waals surface area contributed by atoms with Crippen LogP contribution in [0.3, 0.4) is 0 Å². The van der Waals surface area contributed by atoms with Crippen molar-refractivity contribution in [2.75, 3.05) is 6.61 Å². The molecule has 8 heteroatoms. The topological polar surface area (TPSA) is 78.3 Å². The lowest BCUT2D eigenvalue weighted by Crippen LogP contribution is -2.14. The van der Waals surface area contributed by atoms with Gasteiger partial charge in [-0.15, -0.1) is 0 Å². The maximum Gasteiger partial charge on any atom is 0.330 e. The van der Waals surface area contributed by atoms with E-state index in [1.54, 1.807) is 37.3 Å². The second-order valence-corrected chi connectivity index (χ2v) is 7.42. The van der Waals surface area contributed by atoms with Crippen LogP contribution in [0.25, 0.3) is 17.0 Å². The van der Waals surface area contributed by atoms with Crippen LogP contribution in [0.5, 0.6) is 0 Å². The summed E-state index contributed by atoms with van der Waals surface area (Å²) in [5, 5.41) is 0.646. The summed E-state index contributed by atoms with van der Waals surface area (Å²) in [5.41, 5.74) is 0.643. The van der Waals surface area contributed by atoms with E-state index < -0.39 is 16.0 Å². The van der Waals surface area contributed by atoms with Crippen LogP contribution in [-0.4, -0.2) is 30.0 Å². The van der Waals surface area contributed by atoms with Crippen molar-refractivity contribution in [1.82, 2.24) is 8.96 Å². The zero-order valence-electron chi connectivity index (χ0n) is 13.8. The third-order valence-electron chi connectivity index (χ3n) is 3.62. The minimum atomic E-state index is -3.90. The highest BCUT2D eigenvalue weighted by Gasteiger charge is 2.23. The molecule has 3 aromatic rings. The summed E-state index contributed by atoms with van der Waals surface area (Å²) in [7, 11) is -3.90. The number of hydrogen-bond donors (Lipinski definition) is 0. The van der Waals surface area contributed by atoms with Crippen molar-refractivity contribution in [3.05, 3.63) is 65.6 Å². The number of ether oxygens (including phenoxy) is 1. The molecule has 2 heterocycles. The van der Waals surface area contributed by atoms with Gasteiger partial charge < -0.3 is 4.74 Å². The first-order valence-electron chi connectivity index (χ1n) is 7.76. The van der Waals surface area contributed by atoms with Gasteiger partial charge in [-0.25, -0.2) is 22.2 Å². The van der Waals surface area contributed by atoms with Crippen molar-refractivity contribution in [3.63, 3.8) is 0 Å². The molecular formula is C18H15ClN2O4S. The summed E-state index contributed by atoms with van der Waals surface area (Å²) < 4.78 is 32.3. The minimum Gasteiger partial charge on any atom is -0.463 e. The van der Waals surface area contributed by atoms with E-state index in [2.05, 4.69) is 4.98 Å². The Bertz CT molecular complexity index is 1090. The van der Waals surface area contributed by atoms with Crippen molar-refractivity contribution < 1.29 is 17.9 Å². The fourth-order valence-corrected chi connectivity index (χ4v) is 4.25. The van der Waals surface area contributed by atoms with Crippen LogP contribution < -0.4 is 0 Å². The second kappa shape index (κ2) is 7.31. The number of rotatable bonds is 5. The Balaban J connectivity index is 2.24. The molecule has 0 saturated heterocycles. The monoisotopic (exact) mass is 390 g/mol. The van der Waals surface area contributed by atoms with Crippen LogP contribution in [0.4, 0.5) is 0 Å². The smallest absolute Gasteiger partial charge is 0.330 e. The molecule has 0 atom stereocenters. The molecule has 6 nitrogen and oxygen atoms in total. The largest absolute Gasteiger partial charge is 0.463 e. The van der Waals surface area contributed by atoms with Crippen LogP contribution in [0.2, 0.25) is 5.15 Å². The third kappa shape index (κ3) is 3.36. The molecule has 0 N–H and O–H groups in total. The molecule has 26 heavy (non-hydrogen) atoms.